The molecule has 1 unspecified atom stereocenters. The van der Waals surface area contributed by atoms with E-state index in [1.165, 1.54) is 6.07 Å². The SMILES string of the molecule is CCN1CCOC(CNS(=O)(=O)c2ccc(N)cc2Br)C1. The van der Waals surface area contributed by atoms with E-state index in [9.17, 15) is 8.42 Å². The van der Waals surface area contributed by atoms with Crippen molar-refractivity contribution < 1.29 is 13.2 Å². The molecule has 8 heteroatoms. The number of hydrogen-bond donors (Lipinski definition) is 2. The van der Waals surface area contributed by atoms with Crippen LogP contribution in [0.1, 0.15) is 6.92 Å². The molecular weight excluding hydrogens is 358 g/mol. The predicted octanol–water partition coefficient (Wildman–Crippen LogP) is 1.03. The fourth-order valence-electron chi connectivity index (χ4n) is 2.21. The van der Waals surface area contributed by atoms with E-state index in [1.54, 1.807) is 12.1 Å². The van der Waals surface area contributed by atoms with E-state index in [0.717, 1.165) is 19.6 Å². The van der Waals surface area contributed by atoms with Crippen molar-refractivity contribution in [3.63, 3.8) is 0 Å². The molecule has 1 aliphatic heterocycles. The van der Waals surface area contributed by atoms with Gasteiger partial charge < -0.3 is 10.5 Å². The molecule has 21 heavy (non-hydrogen) atoms. The van der Waals surface area contributed by atoms with Crippen LogP contribution in [0.2, 0.25) is 0 Å². The number of nitrogens with two attached hydrogens (primary N) is 1. The Kier molecular flexibility index (Phi) is 5.61. The fourth-order valence-corrected chi connectivity index (χ4v) is 4.37. The van der Waals surface area contributed by atoms with E-state index in [-0.39, 0.29) is 17.5 Å². The van der Waals surface area contributed by atoms with E-state index >= 15 is 0 Å². The number of morpholine rings is 1. The number of hydrogen-bond acceptors (Lipinski definition) is 5. The third-order valence-corrected chi connectivity index (χ3v) is 5.82. The zero-order valence-corrected chi connectivity index (χ0v) is 14.3. The van der Waals surface area contributed by atoms with Gasteiger partial charge in [-0.15, -0.1) is 0 Å². The first-order chi connectivity index (χ1) is 9.92. The Morgan fingerprint density at radius 1 is 1.52 bits per heavy atom. The second kappa shape index (κ2) is 7.06. The Morgan fingerprint density at radius 3 is 2.95 bits per heavy atom. The first-order valence-electron chi connectivity index (χ1n) is 6.81. The maximum atomic E-state index is 12.3. The molecule has 1 saturated heterocycles. The van der Waals surface area contributed by atoms with Crippen molar-refractivity contribution in [1.29, 1.82) is 0 Å². The van der Waals surface area contributed by atoms with Crippen LogP contribution >= 0.6 is 15.9 Å². The number of anilines is 1. The number of nitrogens with zero attached hydrogens (tertiary/aromatic N) is 1. The van der Waals surface area contributed by atoms with Crippen LogP contribution in [-0.4, -0.2) is 52.2 Å². The van der Waals surface area contributed by atoms with Crippen molar-refractivity contribution in [1.82, 2.24) is 9.62 Å². The molecule has 6 nitrogen and oxygen atoms in total. The van der Waals surface area contributed by atoms with Crippen LogP contribution < -0.4 is 10.5 Å². The quantitative estimate of drug-likeness (QED) is 0.748. The molecule has 0 bridgehead atoms. The van der Waals surface area contributed by atoms with Crippen molar-refractivity contribution in [2.45, 2.75) is 17.9 Å². The molecular formula is C13H20BrN3O3S. The van der Waals surface area contributed by atoms with Crippen molar-refractivity contribution in [2.75, 3.05) is 38.5 Å². The Morgan fingerprint density at radius 2 is 2.29 bits per heavy atom. The summed E-state index contributed by atoms with van der Waals surface area (Å²) in [6.07, 6.45) is -0.124. The highest BCUT2D eigenvalue weighted by Crippen LogP contribution is 2.24. The Balaban J connectivity index is 2.01. The van der Waals surface area contributed by atoms with Crippen molar-refractivity contribution in [3.8, 4) is 0 Å². The Labute approximate surface area is 133 Å². The summed E-state index contributed by atoms with van der Waals surface area (Å²) >= 11 is 3.23. The summed E-state index contributed by atoms with van der Waals surface area (Å²) in [6.45, 7) is 5.54. The van der Waals surface area contributed by atoms with Gasteiger partial charge >= 0.3 is 0 Å². The van der Waals surface area contributed by atoms with E-state index in [4.69, 9.17) is 10.5 Å². The van der Waals surface area contributed by atoms with Crippen LogP contribution in [0.15, 0.2) is 27.6 Å². The second-order valence-electron chi connectivity index (χ2n) is 4.93. The molecule has 0 aromatic heterocycles. The summed E-state index contributed by atoms with van der Waals surface area (Å²) in [5.41, 5.74) is 6.13. The van der Waals surface area contributed by atoms with Crippen LogP contribution in [-0.2, 0) is 14.8 Å². The van der Waals surface area contributed by atoms with Crippen LogP contribution in [0.5, 0.6) is 0 Å². The molecule has 0 saturated carbocycles. The molecule has 1 fully saturated rings. The van der Waals surface area contributed by atoms with Crippen molar-refractivity contribution >= 4 is 31.6 Å². The lowest BCUT2D eigenvalue weighted by molar-refractivity contribution is -0.0229. The minimum Gasteiger partial charge on any atom is -0.399 e. The summed E-state index contributed by atoms with van der Waals surface area (Å²) in [5, 5.41) is 0. The Bertz CT molecular complexity index is 594. The third-order valence-electron chi connectivity index (χ3n) is 3.42. The molecule has 0 aliphatic carbocycles. The largest absolute Gasteiger partial charge is 0.399 e. The first kappa shape index (κ1) is 16.7. The molecule has 0 radical (unpaired) electrons. The normalized spacial score (nSPS) is 20.6. The summed E-state index contributed by atoms with van der Waals surface area (Å²) in [4.78, 5) is 2.42. The van der Waals surface area contributed by atoms with Crippen LogP contribution in [0.4, 0.5) is 5.69 Å². The number of halogens is 1. The molecule has 1 aromatic rings. The summed E-state index contributed by atoms with van der Waals surface area (Å²) in [6, 6.07) is 4.63. The molecule has 1 heterocycles. The lowest BCUT2D eigenvalue weighted by Gasteiger charge is -2.32. The summed E-state index contributed by atoms with van der Waals surface area (Å²) in [7, 11) is -3.58. The molecule has 118 valence electrons. The number of nitrogens with one attached hydrogen (secondary N) is 1. The molecule has 0 amide bonds. The summed E-state index contributed by atoms with van der Waals surface area (Å²) < 4.78 is 33.3. The van der Waals surface area contributed by atoms with Gasteiger partial charge in [-0.1, -0.05) is 6.92 Å². The van der Waals surface area contributed by atoms with Crippen LogP contribution in [0.25, 0.3) is 0 Å². The van der Waals surface area contributed by atoms with Gasteiger partial charge in [-0.3, -0.25) is 4.90 Å². The van der Waals surface area contributed by atoms with Crippen molar-refractivity contribution in [2.24, 2.45) is 0 Å². The number of ether oxygens (including phenoxy) is 1. The lowest BCUT2D eigenvalue weighted by Crippen LogP contribution is -2.47. The van der Waals surface area contributed by atoms with E-state index in [1.807, 2.05) is 0 Å². The maximum absolute atomic E-state index is 12.3. The van der Waals surface area contributed by atoms with Crippen LogP contribution in [0.3, 0.4) is 0 Å². The standard InChI is InChI=1S/C13H20BrN3O3S/c1-2-17-5-6-20-11(9-17)8-16-21(18,19)13-4-3-10(15)7-12(13)14/h3-4,7,11,16H,2,5-6,8-9,15H2,1H3. The van der Waals surface area contributed by atoms with Gasteiger partial charge in [-0.25, -0.2) is 13.1 Å². The van der Waals surface area contributed by atoms with Gasteiger partial charge in [0, 0.05) is 29.8 Å². The lowest BCUT2D eigenvalue weighted by atomic mass is 10.3. The van der Waals surface area contributed by atoms with Gasteiger partial charge in [0.15, 0.2) is 0 Å². The number of likely N-dealkylation sites (N-methyl/N-ethyl adjacent to an activating group) is 1. The average molecular weight is 378 g/mol. The minimum absolute atomic E-state index is 0.124. The maximum Gasteiger partial charge on any atom is 0.241 e. The number of rotatable bonds is 5. The van der Waals surface area contributed by atoms with Gasteiger partial charge in [0.2, 0.25) is 10.0 Å². The highest BCUT2D eigenvalue weighted by Gasteiger charge is 2.23. The fraction of sp³-hybridized carbons (Fsp3) is 0.538. The zero-order valence-electron chi connectivity index (χ0n) is 11.9. The molecule has 1 aromatic carbocycles. The number of sulfonamides is 1. The molecule has 3 N–H and O–H groups in total. The third kappa shape index (κ3) is 4.40. The summed E-state index contributed by atoms with van der Waals surface area (Å²) in [5.74, 6) is 0. The highest BCUT2D eigenvalue weighted by molar-refractivity contribution is 9.10. The number of benzene rings is 1. The van der Waals surface area contributed by atoms with Crippen LogP contribution in [0, 0.1) is 0 Å². The smallest absolute Gasteiger partial charge is 0.241 e. The average Bonchev–Trinajstić information content (AvgIpc) is 2.45. The Hall–Kier alpha value is -0.670. The van der Waals surface area contributed by atoms with Gasteiger partial charge in [0.1, 0.15) is 0 Å². The highest BCUT2D eigenvalue weighted by atomic mass is 79.9. The molecule has 1 aliphatic rings. The first-order valence-corrected chi connectivity index (χ1v) is 9.08. The topological polar surface area (TPSA) is 84.7 Å². The number of nitrogen functional groups attached to an aromatic ring is 1. The zero-order chi connectivity index (χ0) is 15.5. The monoisotopic (exact) mass is 377 g/mol. The van der Waals surface area contributed by atoms with Gasteiger partial charge in [-0.2, -0.15) is 0 Å². The predicted molar refractivity (Wildman–Crippen MR) is 85.6 cm³/mol. The molecule has 2 rings (SSSR count). The van der Waals surface area contributed by atoms with E-state index < -0.39 is 10.0 Å². The minimum atomic E-state index is -3.58. The molecule has 1 atom stereocenters. The van der Waals surface area contributed by atoms with Gasteiger partial charge in [-0.05, 0) is 40.7 Å². The van der Waals surface area contributed by atoms with E-state index in [0.29, 0.717) is 16.8 Å². The van der Waals surface area contributed by atoms with Gasteiger partial charge in [0.05, 0.1) is 17.6 Å². The van der Waals surface area contributed by atoms with Crippen molar-refractivity contribution in [3.05, 3.63) is 22.7 Å². The van der Waals surface area contributed by atoms with Gasteiger partial charge in [0.25, 0.3) is 0 Å². The molecule has 0 spiro atoms. The van der Waals surface area contributed by atoms with E-state index in [2.05, 4.69) is 32.5 Å². The second-order valence-corrected chi connectivity index (χ2v) is 7.52.